The van der Waals surface area contributed by atoms with Gasteiger partial charge in [-0.15, -0.1) is 0 Å². The maximum atomic E-state index is 11.7. The molecule has 1 aliphatic rings. The van der Waals surface area contributed by atoms with E-state index in [1.165, 1.54) is 0 Å². The van der Waals surface area contributed by atoms with Crippen molar-refractivity contribution >= 4 is 5.91 Å². The highest BCUT2D eigenvalue weighted by Crippen LogP contribution is 2.11. The normalized spacial score (nSPS) is 23.1. The summed E-state index contributed by atoms with van der Waals surface area (Å²) in [5, 5.41) is 9.29. The topological polar surface area (TPSA) is 75.8 Å². The van der Waals surface area contributed by atoms with Crippen molar-refractivity contribution in [3.05, 3.63) is 0 Å². The van der Waals surface area contributed by atoms with Gasteiger partial charge in [0.05, 0.1) is 12.1 Å². The van der Waals surface area contributed by atoms with Crippen LogP contribution in [0.4, 0.5) is 0 Å². The predicted molar refractivity (Wildman–Crippen MR) is 56.3 cm³/mol. The SMILES string of the molecule is COCCCC(N)C(=O)N1CC[C@@H](O)C1. The van der Waals surface area contributed by atoms with Crippen LogP contribution in [0.3, 0.4) is 0 Å². The molecule has 88 valence electrons. The third-order valence-electron chi connectivity index (χ3n) is 2.66. The van der Waals surface area contributed by atoms with Crippen LogP contribution in [0.2, 0.25) is 0 Å². The number of hydrogen-bond acceptors (Lipinski definition) is 4. The molecule has 1 amide bonds. The van der Waals surface area contributed by atoms with E-state index in [2.05, 4.69) is 0 Å². The van der Waals surface area contributed by atoms with Crippen LogP contribution in [0.25, 0.3) is 0 Å². The molecule has 1 aliphatic heterocycles. The number of carbonyl (C=O) groups excluding carboxylic acids is 1. The fourth-order valence-corrected chi connectivity index (χ4v) is 1.75. The largest absolute Gasteiger partial charge is 0.391 e. The van der Waals surface area contributed by atoms with E-state index in [0.717, 1.165) is 6.42 Å². The second-order valence-electron chi connectivity index (χ2n) is 3.97. The molecule has 3 N–H and O–H groups in total. The van der Waals surface area contributed by atoms with Gasteiger partial charge in [-0.05, 0) is 19.3 Å². The van der Waals surface area contributed by atoms with Crippen molar-refractivity contribution in [3.63, 3.8) is 0 Å². The summed E-state index contributed by atoms with van der Waals surface area (Å²) in [6.45, 7) is 1.68. The van der Waals surface area contributed by atoms with Gasteiger partial charge in [0.1, 0.15) is 0 Å². The molecule has 2 atom stereocenters. The second-order valence-corrected chi connectivity index (χ2v) is 3.97. The van der Waals surface area contributed by atoms with Crippen LogP contribution in [0.15, 0.2) is 0 Å². The minimum Gasteiger partial charge on any atom is -0.391 e. The molecule has 0 bridgehead atoms. The van der Waals surface area contributed by atoms with Gasteiger partial charge < -0.3 is 20.5 Å². The van der Waals surface area contributed by atoms with Crippen molar-refractivity contribution in [2.75, 3.05) is 26.8 Å². The fourth-order valence-electron chi connectivity index (χ4n) is 1.75. The van der Waals surface area contributed by atoms with E-state index in [-0.39, 0.29) is 12.0 Å². The predicted octanol–water partition coefficient (Wildman–Crippen LogP) is -0.666. The maximum absolute atomic E-state index is 11.7. The van der Waals surface area contributed by atoms with E-state index in [1.807, 2.05) is 0 Å². The Morgan fingerprint density at radius 1 is 1.73 bits per heavy atom. The van der Waals surface area contributed by atoms with Crippen molar-refractivity contribution in [1.82, 2.24) is 4.90 Å². The van der Waals surface area contributed by atoms with Crippen LogP contribution in [0.1, 0.15) is 19.3 Å². The Hall–Kier alpha value is -0.650. The van der Waals surface area contributed by atoms with E-state index in [9.17, 15) is 9.90 Å². The number of carbonyl (C=O) groups is 1. The summed E-state index contributed by atoms with van der Waals surface area (Å²) in [7, 11) is 1.63. The number of amides is 1. The van der Waals surface area contributed by atoms with Crippen LogP contribution in [-0.4, -0.2) is 54.9 Å². The van der Waals surface area contributed by atoms with Gasteiger partial charge in [0.15, 0.2) is 0 Å². The summed E-state index contributed by atoms with van der Waals surface area (Å²) in [5.74, 6) is -0.0531. The fraction of sp³-hybridized carbons (Fsp3) is 0.900. The average Bonchev–Trinajstić information content (AvgIpc) is 2.64. The first-order valence-electron chi connectivity index (χ1n) is 5.36. The standard InChI is InChI=1S/C10H20N2O3/c1-15-6-2-3-9(11)10(14)12-5-4-8(13)7-12/h8-9,13H,2-7,11H2,1H3/t8-,9?/m1/s1. The monoisotopic (exact) mass is 216 g/mol. The number of nitrogens with zero attached hydrogens (tertiary/aromatic N) is 1. The first kappa shape index (κ1) is 12.4. The molecule has 0 aromatic carbocycles. The highest BCUT2D eigenvalue weighted by atomic mass is 16.5. The number of nitrogens with two attached hydrogens (primary N) is 1. The molecule has 0 aromatic heterocycles. The Kier molecular flexibility index (Phi) is 5.01. The molecule has 0 saturated carbocycles. The summed E-state index contributed by atoms with van der Waals surface area (Å²) in [5.41, 5.74) is 5.75. The summed E-state index contributed by atoms with van der Waals surface area (Å²) in [6, 6.07) is -0.453. The van der Waals surface area contributed by atoms with Gasteiger partial charge in [-0.25, -0.2) is 0 Å². The zero-order valence-corrected chi connectivity index (χ0v) is 9.19. The Bertz CT molecular complexity index is 211. The molecule has 1 heterocycles. The average molecular weight is 216 g/mol. The first-order chi connectivity index (χ1) is 7.15. The van der Waals surface area contributed by atoms with Gasteiger partial charge in [-0.1, -0.05) is 0 Å². The smallest absolute Gasteiger partial charge is 0.239 e. The number of aliphatic hydroxyl groups excluding tert-OH is 1. The molecule has 0 radical (unpaired) electrons. The third kappa shape index (κ3) is 3.77. The van der Waals surface area contributed by atoms with Crippen LogP contribution in [0, 0.1) is 0 Å². The van der Waals surface area contributed by atoms with Gasteiger partial charge in [0.25, 0.3) is 0 Å². The number of β-amino-alcohol motifs (C(OH)–C–C–N with tert-alkyl or cyclic N) is 1. The Balaban J connectivity index is 2.26. The first-order valence-corrected chi connectivity index (χ1v) is 5.36. The van der Waals surface area contributed by atoms with Gasteiger partial charge >= 0.3 is 0 Å². The Morgan fingerprint density at radius 3 is 3.00 bits per heavy atom. The molecule has 5 heteroatoms. The Labute approximate surface area is 90.2 Å². The van der Waals surface area contributed by atoms with Crippen LogP contribution >= 0.6 is 0 Å². The Morgan fingerprint density at radius 2 is 2.47 bits per heavy atom. The van der Waals surface area contributed by atoms with Crippen molar-refractivity contribution in [1.29, 1.82) is 0 Å². The van der Waals surface area contributed by atoms with E-state index in [4.69, 9.17) is 10.5 Å². The summed E-state index contributed by atoms with van der Waals surface area (Å²) in [4.78, 5) is 13.4. The van der Waals surface area contributed by atoms with Gasteiger partial charge in [0.2, 0.25) is 5.91 Å². The molecule has 1 fully saturated rings. The van der Waals surface area contributed by atoms with E-state index >= 15 is 0 Å². The van der Waals surface area contributed by atoms with Gasteiger partial charge in [0, 0.05) is 26.8 Å². The molecule has 15 heavy (non-hydrogen) atoms. The summed E-state index contributed by atoms with van der Waals surface area (Å²) >= 11 is 0. The van der Waals surface area contributed by atoms with Crippen molar-refractivity contribution in [3.8, 4) is 0 Å². The quantitative estimate of drug-likeness (QED) is 0.598. The highest BCUT2D eigenvalue weighted by molar-refractivity contribution is 5.81. The minimum absolute atomic E-state index is 0.0531. The van der Waals surface area contributed by atoms with Crippen molar-refractivity contribution in [2.45, 2.75) is 31.4 Å². The number of methoxy groups -OCH3 is 1. The summed E-state index contributed by atoms with van der Waals surface area (Å²) < 4.78 is 4.89. The van der Waals surface area contributed by atoms with Crippen molar-refractivity contribution < 1.29 is 14.6 Å². The third-order valence-corrected chi connectivity index (χ3v) is 2.66. The molecule has 0 aromatic rings. The lowest BCUT2D eigenvalue weighted by atomic mass is 10.1. The van der Waals surface area contributed by atoms with Gasteiger partial charge in [-0.2, -0.15) is 0 Å². The van der Waals surface area contributed by atoms with Crippen LogP contribution in [0.5, 0.6) is 0 Å². The lowest BCUT2D eigenvalue weighted by Crippen LogP contribution is -2.43. The van der Waals surface area contributed by atoms with Gasteiger partial charge in [-0.3, -0.25) is 4.79 Å². The number of hydrogen-bond donors (Lipinski definition) is 2. The molecule has 0 aliphatic carbocycles. The zero-order chi connectivity index (χ0) is 11.3. The van der Waals surface area contributed by atoms with Crippen molar-refractivity contribution in [2.24, 2.45) is 5.73 Å². The van der Waals surface area contributed by atoms with E-state index in [0.29, 0.717) is 32.5 Å². The molecular weight excluding hydrogens is 196 g/mol. The molecule has 5 nitrogen and oxygen atoms in total. The molecule has 1 saturated heterocycles. The zero-order valence-electron chi connectivity index (χ0n) is 9.19. The molecule has 1 unspecified atom stereocenters. The number of aliphatic hydroxyl groups is 1. The lowest BCUT2D eigenvalue weighted by molar-refractivity contribution is -0.132. The number of likely N-dealkylation sites (tertiary alicyclic amines) is 1. The minimum atomic E-state index is -0.453. The second kappa shape index (κ2) is 6.05. The maximum Gasteiger partial charge on any atom is 0.239 e. The molecule has 0 spiro atoms. The van der Waals surface area contributed by atoms with Crippen LogP contribution < -0.4 is 5.73 Å². The summed E-state index contributed by atoms with van der Waals surface area (Å²) in [6.07, 6.45) is 1.72. The number of rotatable bonds is 5. The lowest BCUT2D eigenvalue weighted by Gasteiger charge is -2.20. The highest BCUT2D eigenvalue weighted by Gasteiger charge is 2.27. The van der Waals surface area contributed by atoms with E-state index < -0.39 is 6.04 Å². The van der Waals surface area contributed by atoms with E-state index in [1.54, 1.807) is 12.0 Å². The number of ether oxygens (including phenoxy) is 1. The molecular formula is C10H20N2O3. The molecule has 1 rings (SSSR count). The van der Waals surface area contributed by atoms with Crippen LogP contribution in [-0.2, 0) is 9.53 Å².